The van der Waals surface area contributed by atoms with Gasteiger partial charge in [0.1, 0.15) is 24.0 Å². The first-order valence-corrected chi connectivity index (χ1v) is 13.2. The quantitative estimate of drug-likeness (QED) is 0.163. The van der Waals surface area contributed by atoms with Crippen LogP contribution >= 0.6 is 0 Å². The SMILES string of the molecule is CC(C)(C)OC(=O)COCCOCCOCCNC(=O)COc1cccc2c1C(=O)N(C1CCC(=O)NC1=O)C2=O. The van der Waals surface area contributed by atoms with Crippen molar-refractivity contribution in [3.05, 3.63) is 29.3 Å². The first-order valence-electron chi connectivity index (χ1n) is 13.2. The van der Waals surface area contributed by atoms with Crippen LogP contribution in [-0.2, 0) is 38.1 Å². The maximum Gasteiger partial charge on any atom is 0.332 e. The molecule has 14 heteroatoms. The van der Waals surface area contributed by atoms with Crippen molar-refractivity contribution in [2.45, 2.75) is 45.3 Å². The molecule has 41 heavy (non-hydrogen) atoms. The molecule has 5 amide bonds. The minimum Gasteiger partial charge on any atom is -0.483 e. The summed E-state index contributed by atoms with van der Waals surface area (Å²) in [5, 5.41) is 4.75. The van der Waals surface area contributed by atoms with Gasteiger partial charge >= 0.3 is 5.97 Å². The normalized spacial score (nSPS) is 16.9. The predicted molar refractivity (Wildman–Crippen MR) is 140 cm³/mol. The summed E-state index contributed by atoms with van der Waals surface area (Å²) < 4.78 is 26.5. The standard InChI is InChI=1S/C27H35N3O11/c1-27(2,3)41-22(33)16-39-14-13-38-12-11-37-10-9-28-21(32)15-40-19-6-4-5-17-23(19)26(36)30(25(17)35)18-7-8-20(31)29-24(18)34/h4-6,18H,7-16H2,1-3H3,(H,28,32)(H,29,31,34). The number of esters is 1. The van der Waals surface area contributed by atoms with Crippen molar-refractivity contribution in [2.24, 2.45) is 0 Å². The average molecular weight is 578 g/mol. The number of carbonyl (C=O) groups excluding carboxylic acids is 6. The summed E-state index contributed by atoms with van der Waals surface area (Å²) in [6.45, 7) is 6.28. The Morgan fingerprint density at radius 1 is 0.951 bits per heavy atom. The number of fused-ring (bicyclic) bond motifs is 1. The molecule has 0 aliphatic carbocycles. The zero-order chi connectivity index (χ0) is 30.0. The second-order valence-corrected chi connectivity index (χ2v) is 10.1. The zero-order valence-electron chi connectivity index (χ0n) is 23.3. The lowest BCUT2D eigenvalue weighted by Gasteiger charge is -2.27. The number of imide groups is 2. The van der Waals surface area contributed by atoms with Gasteiger partial charge in [0, 0.05) is 13.0 Å². The second kappa shape index (κ2) is 14.7. The highest BCUT2D eigenvalue weighted by Crippen LogP contribution is 2.33. The fraction of sp³-hybridized carbons (Fsp3) is 0.556. The molecule has 2 aliphatic rings. The van der Waals surface area contributed by atoms with Crippen molar-refractivity contribution in [1.29, 1.82) is 0 Å². The van der Waals surface area contributed by atoms with Crippen LogP contribution in [0.25, 0.3) is 0 Å². The van der Waals surface area contributed by atoms with Gasteiger partial charge in [-0.1, -0.05) is 6.07 Å². The van der Waals surface area contributed by atoms with Crippen molar-refractivity contribution in [3.8, 4) is 5.75 Å². The second-order valence-electron chi connectivity index (χ2n) is 10.1. The van der Waals surface area contributed by atoms with Crippen LogP contribution in [0.2, 0.25) is 0 Å². The molecular formula is C27H35N3O11. The van der Waals surface area contributed by atoms with Crippen LogP contribution in [0.15, 0.2) is 18.2 Å². The molecule has 0 saturated carbocycles. The molecule has 0 aromatic heterocycles. The number of amides is 5. The fourth-order valence-corrected chi connectivity index (χ4v) is 4.03. The van der Waals surface area contributed by atoms with E-state index in [9.17, 15) is 28.8 Å². The van der Waals surface area contributed by atoms with Gasteiger partial charge < -0.3 is 29.0 Å². The summed E-state index contributed by atoms with van der Waals surface area (Å²) in [5.41, 5.74) is -0.537. The van der Waals surface area contributed by atoms with Crippen LogP contribution in [-0.4, -0.2) is 105 Å². The van der Waals surface area contributed by atoms with E-state index in [0.29, 0.717) is 6.61 Å². The predicted octanol–water partition coefficient (Wildman–Crippen LogP) is -0.0257. The average Bonchev–Trinajstić information content (AvgIpc) is 3.15. The highest BCUT2D eigenvalue weighted by molar-refractivity contribution is 6.24. The molecular weight excluding hydrogens is 542 g/mol. The Morgan fingerprint density at radius 2 is 1.63 bits per heavy atom. The summed E-state index contributed by atoms with van der Waals surface area (Å²) in [5.74, 6) is -3.44. The third-order valence-electron chi connectivity index (χ3n) is 5.74. The molecule has 1 atom stereocenters. The first-order chi connectivity index (χ1) is 19.5. The minimum absolute atomic E-state index is 0.0103. The Hall–Kier alpha value is -3.88. The Labute approximate surface area is 236 Å². The summed E-state index contributed by atoms with van der Waals surface area (Å²) in [6.07, 6.45) is 0.0453. The smallest absolute Gasteiger partial charge is 0.332 e. The first kappa shape index (κ1) is 31.6. The molecule has 0 bridgehead atoms. The number of rotatable bonds is 15. The fourth-order valence-electron chi connectivity index (χ4n) is 4.03. The van der Waals surface area contributed by atoms with Gasteiger partial charge in [0.2, 0.25) is 11.8 Å². The number of carbonyl (C=O) groups is 6. The van der Waals surface area contributed by atoms with E-state index < -0.39 is 53.8 Å². The van der Waals surface area contributed by atoms with Crippen molar-refractivity contribution < 1.29 is 52.5 Å². The Morgan fingerprint density at radius 3 is 2.32 bits per heavy atom. The molecule has 224 valence electrons. The van der Waals surface area contributed by atoms with Crippen molar-refractivity contribution in [3.63, 3.8) is 0 Å². The maximum atomic E-state index is 13.0. The Bertz CT molecular complexity index is 1160. The minimum atomic E-state index is -1.10. The summed E-state index contributed by atoms with van der Waals surface area (Å²) in [6, 6.07) is 3.30. The van der Waals surface area contributed by atoms with Crippen LogP contribution in [0.1, 0.15) is 54.3 Å². The monoisotopic (exact) mass is 577 g/mol. The highest BCUT2D eigenvalue weighted by Gasteiger charge is 2.46. The van der Waals surface area contributed by atoms with Crippen LogP contribution in [0.5, 0.6) is 5.75 Å². The number of benzene rings is 1. The number of nitrogens with zero attached hydrogens (tertiary/aromatic N) is 1. The number of hydrogen-bond donors (Lipinski definition) is 2. The van der Waals surface area contributed by atoms with E-state index in [2.05, 4.69) is 10.6 Å². The molecule has 1 aromatic rings. The van der Waals surface area contributed by atoms with E-state index in [1.165, 1.54) is 18.2 Å². The molecule has 1 aromatic carbocycles. The van der Waals surface area contributed by atoms with Gasteiger partial charge in [-0.25, -0.2) is 4.79 Å². The van der Waals surface area contributed by atoms with Gasteiger partial charge in [0.05, 0.1) is 44.2 Å². The van der Waals surface area contributed by atoms with E-state index in [4.69, 9.17) is 23.7 Å². The maximum absolute atomic E-state index is 13.0. The van der Waals surface area contributed by atoms with E-state index >= 15 is 0 Å². The van der Waals surface area contributed by atoms with Gasteiger partial charge in [-0.05, 0) is 39.3 Å². The van der Waals surface area contributed by atoms with Crippen LogP contribution < -0.4 is 15.4 Å². The van der Waals surface area contributed by atoms with Crippen LogP contribution in [0, 0.1) is 0 Å². The number of nitrogens with one attached hydrogen (secondary N) is 2. The zero-order valence-corrected chi connectivity index (χ0v) is 23.3. The van der Waals surface area contributed by atoms with Crippen LogP contribution in [0.4, 0.5) is 0 Å². The Balaban J connectivity index is 1.30. The van der Waals surface area contributed by atoms with E-state index in [-0.39, 0.29) is 69.3 Å². The molecule has 3 rings (SSSR count). The van der Waals surface area contributed by atoms with Crippen molar-refractivity contribution in [1.82, 2.24) is 15.5 Å². The summed E-state index contributed by atoms with van der Waals surface area (Å²) in [7, 11) is 0. The molecule has 1 unspecified atom stereocenters. The molecule has 2 aliphatic heterocycles. The van der Waals surface area contributed by atoms with Gasteiger partial charge in [-0.15, -0.1) is 0 Å². The van der Waals surface area contributed by atoms with Gasteiger partial charge in [-0.2, -0.15) is 0 Å². The van der Waals surface area contributed by atoms with Crippen LogP contribution in [0.3, 0.4) is 0 Å². The molecule has 14 nitrogen and oxygen atoms in total. The number of piperidine rings is 1. The molecule has 0 radical (unpaired) electrons. The number of hydrogen-bond acceptors (Lipinski definition) is 11. The van der Waals surface area contributed by atoms with E-state index in [0.717, 1.165) is 4.90 Å². The lowest BCUT2D eigenvalue weighted by atomic mass is 10.0. The molecule has 2 heterocycles. The number of ether oxygens (including phenoxy) is 5. The topological polar surface area (TPSA) is 176 Å². The van der Waals surface area contributed by atoms with Crippen molar-refractivity contribution in [2.75, 3.05) is 52.8 Å². The van der Waals surface area contributed by atoms with Gasteiger partial charge in [-0.3, -0.25) is 34.2 Å². The van der Waals surface area contributed by atoms with Gasteiger partial charge in [0.25, 0.3) is 17.7 Å². The highest BCUT2D eigenvalue weighted by atomic mass is 16.6. The third kappa shape index (κ3) is 9.33. The van der Waals surface area contributed by atoms with E-state index in [1.807, 2.05) is 0 Å². The lowest BCUT2D eigenvalue weighted by molar-refractivity contribution is -0.160. The lowest BCUT2D eigenvalue weighted by Crippen LogP contribution is -2.54. The molecule has 0 spiro atoms. The molecule has 1 fully saturated rings. The molecule has 1 saturated heterocycles. The third-order valence-corrected chi connectivity index (χ3v) is 5.74. The largest absolute Gasteiger partial charge is 0.483 e. The summed E-state index contributed by atoms with van der Waals surface area (Å²) >= 11 is 0. The molecule has 2 N–H and O–H groups in total. The Kier molecular flexibility index (Phi) is 11.3. The van der Waals surface area contributed by atoms with Gasteiger partial charge in [0.15, 0.2) is 6.61 Å². The summed E-state index contributed by atoms with van der Waals surface area (Å²) in [4.78, 5) is 74.1. The van der Waals surface area contributed by atoms with E-state index in [1.54, 1.807) is 20.8 Å². The van der Waals surface area contributed by atoms with Crippen molar-refractivity contribution >= 4 is 35.5 Å².